The Morgan fingerprint density at radius 2 is 2.17 bits per heavy atom. The Morgan fingerprint density at radius 1 is 1.31 bits per heavy atom. The molecule has 0 aliphatic carbocycles. The van der Waals surface area contributed by atoms with Crippen LogP contribution in [0.1, 0.15) is 16.8 Å². The summed E-state index contributed by atoms with van der Waals surface area (Å²) in [6.07, 6.45) is 2.89. The maximum Gasteiger partial charge on any atom is 0.411 e. The minimum atomic E-state index is -0.550. The molecule has 1 amide bonds. The fraction of sp³-hybridized carbons (Fsp3) is 0.190. The topological polar surface area (TPSA) is 103 Å². The van der Waals surface area contributed by atoms with Crippen LogP contribution in [-0.4, -0.2) is 29.2 Å². The summed E-state index contributed by atoms with van der Waals surface area (Å²) in [6.45, 7) is 2.12. The number of carbonyl (C=O) groups excluding carboxylic acids is 1. The zero-order valence-corrected chi connectivity index (χ0v) is 15.6. The van der Waals surface area contributed by atoms with E-state index in [1.54, 1.807) is 42.9 Å². The second-order valence-electron chi connectivity index (χ2n) is 6.54. The lowest BCUT2D eigenvalue weighted by Crippen LogP contribution is -2.32. The molecule has 29 heavy (non-hydrogen) atoms. The highest BCUT2D eigenvalue weighted by Gasteiger charge is 2.19. The molecule has 0 radical (unpaired) electrons. The Bertz CT molecular complexity index is 1030. The molecule has 0 saturated carbocycles. The Balaban J connectivity index is 1.39. The first-order valence-corrected chi connectivity index (χ1v) is 9.13. The van der Waals surface area contributed by atoms with Crippen LogP contribution in [0.3, 0.4) is 0 Å². The van der Waals surface area contributed by atoms with Crippen LogP contribution in [0.5, 0.6) is 5.75 Å². The number of hydrogen-bond donors (Lipinski definition) is 2. The highest BCUT2D eigenvalue weighted by Crippen LogP contribution is 2.34. The van der Waals surface area contributed by atoms with Crippen LogP contribution < -0.4 is 15.0 Å². The quantitative estimate of drug-likeness (QED) is 0.693. The average Bonchev–Trinajstić information content (AvgIpc) is 3.26. The zero-order chi connectivity index (χ0) is 20.1. The number of nitrogens with one attached hydrogen (secondary N) is 2. The Hall–Kier alpha value is -3.99. The van der Waals surface area contributed by atoms with E-state index in [2.05, 4.69) is 26.3 Å². The van der Waals surface area contributed by atoms with Crippen LogP contribution in [0.4, 0.5) is 16.2 Å². The average molecular weight is 389 g/mol. The monoisotopic (exact) mass is 389 g/mol. The van der Waals surface area contributed by atoms with E-state index in [0.29, 0.717) is 24.4 Å². The van der Waals surface area contributed by atoms with Crippen molar-refractivity contribution in [3.63, 3.8) is 0 Å². The fourth-order valence-electron chi connectivity index (χ4n) is 3.07. The van der Waals surface area contributed by atoms with Gasteiger partial charge in [0, 0.05) is 11.9 Å². The Kier molecular flexibility index (Phi) is 5.29. The third-order valence-electron chi connectivity index (χ3n) is 4.53. The Morgan fingerprint density at radius 3 is 2.93 bits per heavy atom. The first kappa shape index (κ1) is 18.4. The molecule has 2 heterocycles. The summed E-state index contributed by atoms with van der Waals surface area (Å²) in [5, 5.41) is 11.6. The van der Waals surface area contributed by atoms with Gasteiger partial charge in [0.05, 0.1) is 42.4 Å². The molecule has 8 heteroatoms. The maximum absolute atomic E-state index is 12.2. The number of hydrogen-bond acceptors (Lipinski definition) is 6. The first-order chi connectivity index (χ1) is 14.2. The molecule has 1 aliphatic heterocycles. The predicted octanol–water partition coefficient (Wildman–Crippen LogP) is 3.43. The Labute approximate surface area is 167 Å². The molecular formula is C21H19N5O3. The van der Waals surface area contributed by atoms with Gasteiger partial charge in [0.25, 0.3) is 0 Å². The van der Waals surface area contributed by atoms with Gasteiger partial charge in [-0.25, -0.2) is 9.78 Å². The van der Waals surface area contributed by atoms with Gasteiger partial charge >= 0.3 is 6.09 Å². The molecule has 8 nitrogen and oxygen atoms in total. The van der Waals surface area contributed by atoms with E-state index in [0.717, 1.165) is 29.2 Å². The number of H-pyrrole nitrogens is 1. The fourth-order valence-corrected chi connectivity index (χ4v) is 3.07. The van der Waals surface area contributed by atoms with E-state index in [1.165, 1.54) is 0 Å². The summed E-state index contributed by atoms with van der Waals surface area (Å²) in [7, 11) is 0. The number of fused-ring (bicyclic) bond motifs is 1. The van der Waals surface area contributed by atoms with E-state index in [-0.39, 0.29) is 6.61 Å². The zero-order valence-electron chi connectivity index (χ0n) is 15.6. The molecule has 0 unspecified atom stereocenters. The van der Waals surface area contributed by atoms with E-state index in [4.69, 9.17) is 14.7 Å². The first-order valence-electron chi connectivity index (χ1n) is 9.13. The van der Waals surface area contributed by atoms with E-state index >= 15 is 0 Å². The number of nitrogens with zero attached hydrogens (tertiary/aromatic N) is 3. The van der Waals surface area contributed by atoms with Crippen molar-refractivity contribution >= 4 is 17.5 Å². The molecule has 146 valence electrons. The standard InChI is InChI=1S/C21H19N5O3/c22-10-15-1-3-16(4-2-15)13-29-21(27)25-17-5-6-20-19(9-17)26(7-8-28-20)12-18-11-23-14-24-18/h1-6,9,11,14H,7-8,12-13H2,(H,23,24)(H,25,27). The summed E-state index contributed by atoms with van der Waals surface area (Å²) >= 11 is 0. The number of amides is 1. The SMILES string of the molecule is N#Cc1ccc(COC(=O)Nc2ccc3c(c2)N(Cc2cnc[nH]2)CCO3)cc1. The molecule has 0 atom stereocenters. The van der Waals surface area contributed by atoms with Crippen LogP contribution >= 0.6 is 0 Å². The molecule has 1 aromatic heterocycles. The number of imidazole rings is 1. The van der Waals surface area contributed by atoms with Crippen LogP contribution in [0.25, 0.3) is 0 Å². The lowest BCUT2D eigenvalue weighted by atomic mass is 10.2. The molecule has 4 rings (SSSR count). The number of aromatic amines is 1. The molecule has 2 aromatic carbocycles. The van der Waals surface area contributed by atoms with Gasteiger partial charge in [-0.05, 0) is 35.9 Å². The van der Waals surface area contributed by atoms with E-state index in [9.17, 15) is 4.79 Å². The third-order valence-corrected chi connectivity index (χ3v) is 4.53. The number of rotatable bonds is 5. The van der Waals surface area contributed by atoms with Crippen molar-refractivity contribution < 1.29 is 14.3 Å². The number of carbonyl (C=O) groups is 1. The van der Waals surface area contributed by atoms with Gasteiger partial charge in [-0.3, -0.25) is 5.32 Å². The molecule has 1 aliphatic rings. The number of aromatic nitrogens is 2. The highest BCUT2D eigenvalue weighted by atomic mass is 16.5. The second kappa shape index (κ2) is 8.35. The lowest BCUT2D eigenvalue weighted by molar-refractivity contribution is 0.155. The van der Waals surface area contributed by atoms with Crippen molar-refractivity contribution in [3.05, 3.63) is 71.8 Å². The normalized spacial score (nSPS) is 12.4. The van der Waals surface area contributed by atoms with Crippen molar-refractivity contribution in [1.82, 2.24) is 9.97 Å². The van der Waals surface area contributed by atoms with Gasteiger partial charge < -0.3 is 19.4 Å². The third kappa shape index (κ3) is 4.47. The second-order valence-corrected chi connectivity index (χ2v) is 6.54. The molecule has 0 saturated heterocycles. The van der Waals surface area contributed by atoms with Crippen molar-refractivity contribution in [2.24, 2.45) is 0 Å². The van der Waals surface area contributed by atoms with Gasteiger partial charge in [0.15, 0.2) is 0 Å². The van der Waals surface area contributed by atoms with Gasteiger partial charge in [0.1, 0.15) is 19.0 Å². The minimum Gasteiger partial charge on any atom is -0.490 e. The van der Waals surface area contributed by atoms with E-state index < -0.39 is 6.09 Å². The molecule has 0 spiro atoms. The summed E-state index contributed by atoms with van der Waals surface area (Å²) in [4.78, 5) is 21.5. The van der Waals surface area contributed by atoms with Crippen LogP contribution in [0.15, 0.2) is 55.0 Å². The van der Waals surface area contributed by atoms with Crippen LogP contribution in [0.2, 0.25) is 0 Å². The van der Waals surface area contributed by atoms with Gasteiger partial charge in [-0.1, -0.05) is 12.1 Å². The van der Waals surface area contributed by atoms with Crippen molar-refractivity contribution in [3.8, 4) is 11.8 Å². The largest absolute Gasteiger partial charge is 0.490 e. The van der Waals surface area contributed by atoms with Crippen molar-refractivity contribution in [2.75, 3.05) is 23.4 Å². The summed E-state index contributed by atoms with van der Waals surface area (Å²) < 4.78 is 11.0. The smallest absolute Gasteiger partial charge is 0.411 e. The molecule has 2 N–H and O–H groups in total. The molecule has 0 fully saturated rings. The van der Waals surface area contributed by atoms with Gasteiger partial charge in [-0.2, -0.15) is 5.26 Å². The van der Waals surface area contributed by atoms with Gasteiger partial charge in [-0.15, -0.1) is 0 Å². The van der Waals surface area contributed by atoms with Crippen molar-refractivity contribution in [1.29, 1.82) is 5.26 Å². The molecule has 3 aromatic rings. The molecule has 0 bridgehead atoms. The predicted molar refractivity (Wildman–Crippen MR) is 107 cm³/mol. The maximum atomic E-state index is 12.2. The number of nitriles is 1. The highest BCUT2D eigenvalue weighted by molar-refractivity contribution is 5.86. The molecular weight excluding hydrogens is 370 g/mol. The summed E-state index contributed by atoms with van der Waals surface area (Å²) in [5.74, 6) is 0.771. The minimum absolute atomic E-state index is 0.123. The summed E-state index contributed by atoms with van der Waals surface area (Å²) in [5.41, 5.74) is 3.89. The number of anilines is 2. The van der Waals surface area contributed by atoms with Crippen LogP contribution in [-0.2, 0) is 17.9 Å². The number of ether oxygens (including phenoxy) is 2. The summed E-state index contributed by atoms with van der Waals surface area (Å²) in [6, 6.07) is 14.4. The van der Waals surface area contributed by atoms with Crippen LogP contribution in [0, 0.1) is 11.3 Å². The van der Waals surface area contributed by atoms with Crippen molar-refractivity contribution in [2.45, 2.75) is 13.2 Å². The van der Waals surface area contributed by atoms with Gasteiger partial charge in [0.2, 0.25) is 0 Å². The lowest BCUT2D eigenvalue weighted by Gasteiger charge is -2.31. The number of benzene rings is 2. The van der Waals surface area contributed by atoms with E-state index in [1.807, 2.05) is 12.1 Å².